The summed E-state index contributed by atoms with van der Waals surface area (Å²) in [5.74, 6) is 0. The molecule has 0 aliphatic rings. The average Bonchev–Trinajstić information content (AvgIpc) is 3.12. The molecule has 3 aromatic carbocycles. The summed E-state index contributed by atoms with van der Waals surface area (Å²) in [6.07, 6.45) is 2.26. The van der Waals surface area contributed by atoms with E-state index in [1.165, 1.54) is 38.1 Å². The number of hydrogen-bond acceptors (Lipinski definition) is 1. The first-order valence-electron chi connectivity index (χ1n) is 8.60. The van der Waals surface area contributed by atoms with E-state index < -0.39 is 0 Å². The summed E-state index contributed by atoms with van der Waals surface area (Å²) < 4.78 is 8.54. The molecule has 0 aliphatic carbocycles. The van der Waals surface area contributed by atoms with Crippen molar-refractivity contribution >= 4 is 43.7 Å². The second kappa shape index (κ2) is 4.88. The van der Waals surface area contributed by atoms with Crippen LogP contribution in [0.25, 0.3) is 43.7 Å². The molecule has 2 nitrogen and oxygen atoms in total. The molecular formula is C22H19NO. The fourth-order valence-corrected chi connectivity index (χ4v) is 4.08. The van der Waals surface area contributed by atoms with Crippen LogP contribution in [0.2, 0.25) is 0 Å². The van der Waals surface area contributed by atoms with Crippen LogP contribution >= 0.6 is 0 Å². The van der Waals surface area contributed by atoms with Crippen LogP contribution in [0.1, 0.15) is 18.9 Å². The van der Waals surface area contributed by atoms with Crippen LogP contribution in [0.3, 0.4) is 0 Å². The molecule has 2 heteroatoms. The second-order valence-electron chi connectivity index (χ2n) is 6.56. The molecule has 0 bridgehead atoms. The lowest BCUT2D eigenvalue weighted by Crippen LogP contribution is -1.88. The van der Waals surface area contributed by atoms with Crippen molar-refractivity contribution in [1.29, 1.82) is 0 Å². The predicted octanol–water partition coefficient (Wildman–Crippen LogP) is 6.18. The summed E-state index contributed by atoms with van der Waals surface area (Å²) in [4.78, 5) is 0. The summed E-state index contributed by atoms with van der Waals surface area (Å²) >= 11 is 0. The van der Waals surface area contributed by atoms with Gasteiger partial charge in [-0.2, -0.15) is 0 Å². The number of hydrogen-bond donors (Lipinski definition) is 0. The zero-order chi connectivity index (χ0) is 16.3. The van der Waals surface area contributed by atoms with Gasteiger partial charge >= 0.3 is 0 Å². The number of fused-ring (bicyclic) bond motifs is 7. The molecule has 2 aromatic heterocycles. The molecule has 5 rings (SSSR count). The van der Waals surface area contributed by atoms with Gasteiger partial charge in [0.2, 0.25) is 0 Å². The van der Waals surface area contributed by atoms with E-state index in [-0.39, 0.29) is 0 Å². The third kappa shape index (κ3) is 1.66. The largest absolute Gasteiger partial charge is 0.454 e. The molecule has 0 N–H and O–H groups in total. The minimum Gasteiger partial charge on any atom is -0.454 e. The zero-order valence-electron chi connectivity index (χ0n) is 14.0. The fourth-order valence-electron chi connectivity index (χ4n) is 4.08. The van der Waals surface area contributed by atoms with Gasteiger partial charge in [0.1, 0.15) is 5.58 Å². The summed E-state index contributed by atoms with van der Waals surface area (Å²) in [7, 11) is 2.15. The van der Waals surface area contributed by atoms with Gasteiger partial charge in [-0.05, 0) is 30.2 Å². The summed E-state index contributed by atoms with van der Waals surface area (Å²) in [5.41, 5.74) is 5.86. The van der Waals surface area contributed by atoms with Crippen LogP contribution in [0, 0.1) is 0 Å². The molecule has 0 aliphatic heterocycles. The normalized spacial score (nSPS) is 12.1. The van der Waals surface area contributed by atoms with Crippen LogP contribution in [0.5, 0.6) is 0 Å². The van der Waals surface area contributed by atoms with Gasteiger partial charge in [-0.3, -0.25) is 0 Å². The topological polar surface area (TPSA) is 18.1 Å². The highest BCUT2D eigenvalue weighted by Gasteiger charge is 2.17. The Morgan fingerprint density at radius 1 is 0.875 bits per heavy atom. The molecule has 0 fully saturated rings. The Morgan fingerprint density at radius 3 is 2.58 bits per heavy atom. The van der Waals surface area contributed by atoms with Crippen molar-refractivity contribution in [3.05, 3.63) is 60.2 Å². The third-order valence-corrected chi connectivity index (χ3v) is 5.13. The highest BCUT2D eigenvalue weighted by molar-refractivity contribution is 6.21. The minimum atomic E-state index is 0.957. The van der Waals surface area contributed by atoms with E-state index in [1.807, 2.05) is 12.1 Å². The van der Waals surface area contributed by atoms with Crippen molar-refractivity contribution in [2.24, 2.45) is 7.05 Å². The van der Waals surface area contributed by atoms with Crippen LogP contribution in [-0.4, -0.2) is 4.57 Å². The molecule has 0 amide bonds. The van der Waals surface area contributed by atoms with Gasteiger partial charge in [0.25, 0.3) is 0 Å². The Balaban J connectivity index is 2.03. The van der Waals surface area contributed by atoms with E-state index >= 15 is 0 Å². The number of aryl methyl sites for hydroxylation is 2. The van der Waals surface area contributed by atoms with Crippen molar-refractivity contribution < 1.29 is 4.42 Å². The van der Waals surface area contributed by atoms with E-state index in [2.05, 4.69) is 61.0 Å². The highest BCUT2D eigenvalue weighted by Crippen LogP contribution is 2.39. The molecule has 0 unspecified atom stereocenters. The highest BCUT2D eigenvalue weighted by atomic mass is 16.3. The first-order chi connectivity index (χ1) is 11.8. The summed E-state index contributed by atoms with van der Waals surface area (Å²) in [6, 6.07) is 19.4. The van der Waals surface area contributed by atoms with E-state index in [0.29, 0.717) is 0 Å². The summed E-state index contributed by atoms with van der Waals surface area (Å²) in [5, 5.41) is 5.05. The molecule has 0 atom stereocenters. The van der Waals surface area contributed by atoms with E-state index in [0.717, 1.165) is 24.0 Å². The van der Waals surface area contributed by atoms with Crippen LogP contribution in [0.4, 0.5) is 0 Å². The van der Waals surface area contributed by atoms with Gasteiger partial charge in [0.05, 0.1) is 5.52 Å². The van der Waals surface area contributed by atoms with Crippen molar-refractivity contribution in [3.63, 3.8) is 0 Å². The van der Waals surface area contributed by atoms with E-state index in [9.17, 15) is 0 Å². The lowest BCUT2D eigenvalue weighted by Gasteiger charge is -2.02. The maximum absolute atomic E-state index is 6.26. The van der Waals surface area contributed by atoms with E-state index in [1.54, 1.807) is 0 Å². The number of rotatable bonds is 2. The Labute approximate surface area is 140 Å². The lowest BCUT2D eigenvalue weighted by molar-refractivity contribution is 0.670. The number of aromatic nitrogens is 1. The fraction of sp³-hybridized carbons (Fsp3) is 0.182. The van der Waals surface area contributed by atoms with Gasteiger partial charge < -0.3 is 8.98 Å². The maximum atomic E-state index is 6.26. The molecule has 24 heavy (non-hydrogen) atoms. The van der Waals surface area contributed by atoms with Crippen molar-refractivity contribution in [2.45, 2.75) is 19.8 Å². The Morgan fingerprint density at radius 2 is 1.71 bits per heavy atom. The van der Waals surface area contributed by atoms with Crippen LogP contribution in [0.15, 0.2) is 59.0 Å². The standard InChI is InChI=1S/C22H19NO/c1-3-7-14-8-6-10-18-20(14)17-13-12-16-15-9-4-5-11-19(15)24-22(16)21(17)23(18)2/h4-6,8-13H,3,7H2,1-2H3. The van der Waals surface area contributed by atoms with Crippen LogP contribution < -0.4 is 0 Å². The smallest absolute Gasteiger partial charge is 0.159 e. The Bertz CT molecular complexity index is 1220. The van der Waals surface area contributed by atoms with E-state index in [4.69, 9.17) is 4.42 Å². The first kappa shape index (κ1) is 13.7. The summed E-state index contributed by atoms with van der Waals surface area (Å²) in [6.45, 7) is 2.24. The second-order valence-corrected chi connectivity index (χ2v) is 6.56. The SMILES string of the molecule is CCCc1cccc2c1c1ccc3c4ccccc4oc3c1n2C. The molecule has 118 valence electrons. The van der Waals surface area contributed by atoms with Gasteiger partial charge in [-0.15, -0.1) is 0 Å². The van der Waals surface area contributed by atoms with Gasteiger partial charge in [0, 0.05) is 34.1 Å². The van der Waals surface area contributed by atoms with Crippen molar-refractivity contribution in [1.82, 2.24) is 4.57 Å². The molecule has 2 heterocycles. The van der Waals surface area contributed by atoms with Crippen molar-refractivity contribution in [2.75, 3.05) is 0 Å². The molecule has 0 radical (unpaired) electrons. The van der Waals surface area contributed by atoms with Crippen LogP contribution in [-0.2, 0) is 13.5 Å². The molecule has 0 spiro atoms. The Kier molecular flexibility index (Phi) is 2.78. The number of nitrogens with zero attached hydrogens (tertiary/aromatic N) is 1. The third-order valence-electron chi connectivity index (χ3n) is 5.13. The predicted molar refractivity (Wildman–Crippen MR) is 102 cm³/mol. The van der Waals surface area contributed by atoms with Crippen molar-refractivity contribution in [3.8, 4) is 0 Å². The molecule has 0 saturated heterocycles. The molecule has 5 aromatic rings. The number of furan rings is 1. The molecule has 0 saturated carbocycles. The minimum absolute atomic E-state index is 0.957. The zero-order valence-corrected chi connectivity index (χ0v) is 14.0. The Hall–Kier alpha value is -2.74. The number of benzene rings is 3. The first-order valence-corrected chi connectivity index (χ1v) is 8.60. The van der Waals surface area contributed by atoms with Gasteiger partial charge in [0.15, 0.2) is 5.58 Å². The monoisotopic (exact) mass is 313 g/mol. The quantitative estimate of drug-likeness (QED) is 0.380. The molecular weight excluding hydrogens is 294 g/mol. The number of para-hydroxylation sites is 1. The van der Waals surface area contributed by atoms with Gasteiger partial charge in [-0.1, -0.05) is 49.7 Å². The lowest BCUT2D eigenvalue weighted by atomic mass is 10.0. The van der Waals surface area contributed by atoms with Gasteiger partial charge in [-0.25, -0.2) is 0 Å². The maximum Gasteiger partial charge on any atom is 0.159 e. The average molecular weight is 313 g/mol.